The molecule has 0 atom stereocenters. The average molecular weight is 305 g/mol. The molecule has 0 fully saturated rings. The summed E-state index contributed by atoms with van der Waals surface area (Å²) in [7, 11) is 1.99. The van der Waals surface area contributed by atoms with Gasteiger partial charge in [0.15, 0.2) is 0 Å². The van der Waals surface area contributed by atoms with E-state index < -0.39 is 0 Å². The largest absolute Gasteiger partial charge is 0.354 e. The summed E-state index contributed by atoms with van der Waals surface area (Å²) in [6.45, 7) is 5.66. The molecule has 1 aromatic carbocycles. The van der Waals surface area contributed by atoms with Gasteiger partial charge < -0.3 is 10.2 Å². The molecule has 0 saturated carbocycles. The summed E-state index contributed by atoms with van der Waals surface area (Å²) in [5.41, 5.74) is 2.02. The topological polar surface area (TPSA) is 41.1 Å². The van der Waals surface area contributed by atoms with Gasteiger partial charge in [0.1, 0.15) is 5.82 Å². The van der Waals surface area contributed by atoms with Crippen LogP contribution in [0, 0.1) is 0 Å². The fourth-order valence-corrected chi connectivity index (χ4v) is 2.10. The van der Waals surface area contributed by atoms with Crippen molar-refractivity contribution in [1.29, 1.82) is 0 Å². The molecule has 0 saturated heterocycles. The highest BCUT2D eigenvalue weighted by Crippen LogP contribution is 2.18. The van der Waals surface area contributed by atoms with E-state index >= 15 is 0 Å². The fraction of sp³-hybridized carbons (Fsp3) is 0.375. The van der Waals surface area contributed by atoms with Gasteiger partial charge in [0.2, 0.25) is 0 Å². The van der Waals surface area contributed by atoms with Gasteiger partial charge >= 0.3 is 0 Å². The lowest BCUT2D eigenvalue weighted by molar-refractivity contribution is 0.580. The second-order valence-electron chi connectivity index (χ2n) is 5.35. The zero-order valence-corrected chi connectivity index (χ0v) is 13.4. The Morgan fingerprint density at radius 2 is 1.95 bits per heavy atom. The van der Waals surface area contributed by atoms with Crippen LogP contribution in [0.5, 0.6) is 0 Å². The van der Waals surface area contributed by atoms with E-state index in [2.05, 4.69) is 29.1 Å². The number of hydrogen-bond donors (Lipinski definition) is 1. The number of rotatable bonds is 6. The van der Waals surface area contributed by atoms with E-state index in [1.807, 2.05) is 42.4 Å². The van der Waals surface area contributed by atoms with E-state index in [0.29, 0.717) is 12.6 Å². The number of hydrogen-bond acceptors (Lipinski definition) is 4. The Morgan fingerprint density at radius 1 is 1.19 bits per heavy atom. The molecule has 0 spiro atoms. The molecular weight excluding hydrogens is 284 g/mol. The van der Waals surface area contributed by atoms with Gasteiger partial charge in [-0.15, -0.1) is 0 Å². The normalized spacial score (nSPS) is 10.9. The molecule has 0 radical (unpaired) electrons. The van der Waals surface area contributed by atoms with Crippen molar-refractivity contribution in [2.75, 3.05) is 11.9 Å². The number of aromatic nitrogens is 2. The van der Waals surface area contributed by atoms with Gasteiger partial charge in [0.25, 0.3) is 0 Å². The van der Waals surface area contributed by atoms with E-state index in [1.165, 1.54) is 0 Å². The van der Waals surface area contributed by atoms with Crippen molar-refractivity contribution >= 4 is 17.4 Å². The quantitative estimate of drug-likeness (QED) is 0.889. The van der Waals surface area contributed by atoms with Gasteiger partial charge in [-0.25, -0.2) is 4.98 Å². The Hall–Kier alpha value is -1.65. The minimum Gasteiger partial charge on any atom is -0.354 e. The lowest BCUT2D eigenvalue weighted by Crippen LogP contribution is -2.23. The Morgan fingerprint density at radius 3 is 2.57 bits per heavy atom. The molecule has 0 unspecified atom stereocenters. The van der Waals surface area contributed by atoms with Gasteiger partial charge in [-0.2, -0.15) is 0 Å². The van der Waals surface area contributed by atoms with Gasteiger partial charge in [-0.3, -0.25) is 4.98 Å². The van der Waals surface area contributed by atoms with E-state index in [4.69, 9.17) is 11.6 Å². The molecule has 0 aliphatic carbocycles. The third-order valence-corrected chi connectivity index (χ3v) is 3.51. The minimum absolute atomic E-state index is 0.439. The summed E-state index contributed by atoms with van der Waals surface area (Å²) in [6.07, 6.45) is 3.61. The second kappa shape index (κ2) is 7.38. The predicted molar refractivity (Wildman–Crippen MR) is 87.6 cm³/mol. The minimum atomic E-state index is 0.439. The second-order valence-corrected chi connectivity index (χ2v) is 5.76. The van der Waals surface area contributed by atoms with Crippen molar-refractivity contribution in [1.82, 2.24) is 15.3 Å². The van der Waals surface area contributed by atoms with Crippen molar-refractivity contribution < 1.29 is 0 Å². The molecule has 1 N–H and O–H groups in total. The summed E-state index contributed by atoms with van der Waals surface area (Å²) in [6, 6.07) is 8.28. The van der Waals surface area contributed by atoms with Crippen LogP contribution >= 0.6 is 11.6 Å². The van der Waals surface area contributed by atoms with Crippen molar-refractivity contribution in [3.05, 3.63) is 52.9 Å². The standard InChI is InChI=1S/C16H21ClN4/c1-12(2)18-8-14-9-20-16(10-19-14)21(3)11-13-6-4-5-7-15(13)17/h4-7,9-10,12,18H,8,11H2,1-3H3. The maximum atomic E-state index is 6.18. The zero-order chi connectivity index (χ0) is 15.2. The molecule has 112 valence electrons. The van der Waals surface area contributed by atoms with Crippen LogP contribution in [0.25, 0.3) is 0 Å². The van der Waals surface area contributed by atoms with Crippen molar-refractivity contribution in [3.63, 3.8) is 0 Å². The van der Waals surface area contributed by atoms with E-state index in [1.54, 1.807) is 6.20 Å². The summed E-state index contributed by atoms with van der Waals surface area (Å²) >= 11 is 6.18. The fourth-order valence-electron chi connectivity index (χ4n) is 1.91. The summed E-state index contributed by atoms with van der Waals surface area (Å²) in [5, 5.41) is 4.10. The monoisotopic (exact) mass is 304 g/mol. The van der Waals surface area contributed by atoms with E-state index in [9.17, 15) is 0 Å². The number of nitrogens with one attached hydrogen (secondary N) is 1. The van der Waals surface area contributed by atoms with Gasteiger partial charge in [0, 0.05) is 31.2 Å². The Labute approximate surface area is 131 Å². The maximum Gasteiger partial charge on any atom is 0.147 e. The molecule has 0 aliphatic rings. The molecular formula is C16H21ClN4. The van der Waals surface area contributed by atoms with Gasteiger partial charge in [-0.1, -0.05) is 43.6 Å². The number of benzene rings is 1. The van der Waals surface area contributed by atoms with Crippen LogP contribution in [-0.4, -0.2) is 23.1 Å². The van der Waals surface area contributed by atoms with Gasteiger partial charge in [0.05, 0.1) is 18.1 Å². The van der Waals surface area contributed by atoms with Crippen molar-refractivity contribution in [2.24, 2.45) is 0 Å². The zero-order valence-electron chi connectivity index (χ0n) is 12.7. The Kier molecular flexibility index (Phi) is 5.53. The molecule has 2 aromatic rings. The smallest absolute Gasteiger partial charge is 0.147 e. The van der Waals surface area contributed by atoms with Crippen LogP contribution in [0.15, 0.2) is 36.7 Å². The first kappa shape index (κ1) is 15.7. The SMILES string of the molecule is CC(C)NCc1cnc(N(C)Cc2ccccc2Cl)cn1. The number of halogens is 1. The van der Waals surface area contributed by atoms with Crippen LogP contribution in [0.2, 0.25) is 5.02 Å². The molecule has 0 aliphatic heterocycles. The third kappa shape index (κ3) is 4.69. The highest BCUT2D eigenvalue weighted by molar-refractivity contribution is 6.31. The Bertz CT molecular complexity index is 569. The molecule has 1 aromatic heterocycles. The first-order chi connectivity index (χ1) is 10.1. The van der Waals surface area contributed by atoms with Crippen LogP contribution in [0.3, 0.4) is 0 Å². The maximum absolute atomic E-state index is 6.18. The lowest BCUT2D eigenvalue weighted by Gasteiger charge is -2.18. The summed E-state index contributed by atoms with van der Waals surface area (Å²) < 4.78 is 0. The summed E-state index contributed by atoms with van der Waals surface area (Å²) in [4.78, 5) is 10.9. The lowest BCUT2D eigenvalue weighted by atomic mass is 10.2. The van der Waals surface area contributed by atoms with E-state index in [0.717, 1.165) is 28.6 Å². The first-order valence-electron chi connectivity index (χ1n) is 7.05. The molecule has 1 heterocycles. The molecule has 4 nitrogen and oxygen atoms in total. The third-order valence-electron chi connectivity index (χ3n) is 3.14. The van der Waals surface area contributed by atoms with Crippen LogP contribution in [0.1, 0.15) is 25.1 Å². The first-order valence-corrected chi connectivity index (χ1v) is 7.43. The number of anilines is 1. The highest BCUT2D eigenvalue weighted by atomic mass is 35.5. The average Bonchev–Trinajstić information content (AvgIpc) is 2.48. The van der Waals surface area contributed by atoms with Gasteiger partial charge in [-0.05, 0) is 11.6 Å². The van der Waals surface area contributed by atoms with Crippen molar-refractivity contribution in [3.8, 4) is 0 Å². The molecule has 2 rings (SSSR count). The number of nitrogens with zero attached hydrogens (tertiary/aromatic N) is 3. The highest BCUT2D eigenvalue weighted by Gasteiger charge is 2.07. The molecule has 21 heavy (non-hydrogen) atoms. The Balaban J connectivity index is 2.00. The van der Waals surface area contributed by atoms with Crippen molar-refractivity contribution in [2.45, 2.75) is 33.0 Å². The molecule has 0 bridgehead atoms. The predicted octanol–water partition coefficient (Wildman–Crippen LogP) is 3.26. The van der Waals surface area contributed by atoms with E-state index in [-0.39, 0.29) is 0 Å². The van der Waals surface area contributed by atoms with Crippen LogP contribution < -0.4 is 10.2 Å². The molecule has 0 amide bonds. The summed E-state index contributed by atoms with van der Waals surface area (Å²) in [5.74, 6) is 0.836. The van der Waals surface area contributed by atoms with Crippen LogP contribution in [0.4, 0.5) is 5.82 Å². The molecule has 5 heteroatoms. The van der Waals surface area contributed by atoms with Crippen LogP contribution in [-0.2, 0) is 13.1 Å².